The summed E-state index contributed by atoms with van der Waals surface area (Å²) in [6, 6.07) is 7.76. The lowest BCUT2D eigenvalue weighted by Crippen LogP contribution is -2.53. The van der Waals surface area contributed by atoms with Crippen LogP contribution >= 0.6 is 0 Å². The summed E-state index contributed by atoms with van der Waals surface area (Å²) in [7, 11) is 0. The first-order chi connectivity index (χ1) is 15.8. The molecule has 0 fully saturated rings. The van der Waals surface area contributed by atoms with Gasteiger partial charge in [0.25, 0.3) is 5.60 Å². The van der Waals surface area contributed by atoms with Crippen LogP contribution in [-0.4, -0.2) is 28.5 Å². The van der Waals surface area contributed by atoms with Gasteiger partial charge in [-0.25, -0.2) is 4.98 Å². The van der Waals surface area contributed by atoms with Gasteiger partial charge in [0.15, 0.2) is 6.39 Å². The maximum Gasteiger partial charge on any atom is 0.430 e. The van der Waals surface area contributed by atoms with Crippen molar-refractivity contribution in [2.45, 2.75) is 57.2 Å². The van der Waals surface area contributed by atoms with Crippen molar-refractivity contribution in [2.75, 3.05) is 4.90 Å². The second-order valence-corrected chi connectivity index (χ2v) is 8.69. The van der Waals surface area contributed by atoms with Gasteiger partial charge in [0.2, 0.25) is 0 Å². The molecule has 10 heteroatoms. The average molecular weight is 484 g/mol. The molecule has 2 atom stereocenters. The van der Waals surface area contributed by atoms with Gasteiger partial charge in [-0.1, -0.05) is 35.9 Å². The van der Waals surface area contributed by atoms with Crippen LogP contribution in [0.4, 0.5) is 32.0 Å². The Morgan fingerprint density at radius 3 is 2.26 bits per heavy atom. The molecule has 0 bridgehead atoms. The van der Waals surface area contributed by atoms with Crippen LogP contribution in [0.25, 0.3) is 0 Å². The molecule has 1 N–H and O–H groups in total. The molecule has 1 aliphatic rings. The summed E-state index contributed by atoms with van der Waals surface area (Å²) in [4.78, 5) is 6.20. The quantitative estimate of drug-likeness (QED) is 0.452. The van der Waals surface area contributed by atoms with Gasteiger partial charge in [0, 0.05) is 17.3 Å². The number of anilines is 1. The summed E-state index contributed by atoms with van der Waals surface area (Å²) in [6.07, 6.45) is -8.95. The van der Waals surface area contributed by atoms with Crippen LogP contribution in [0, 0.1) is 13.8 Å². The standard InChI is InChI=1S/C24H22F6N2O2/c1-13-4-6-18(14(2)8-13)21(19-11-34-12-31-19)32-15(3)9-16-10-17(5-7-20(16)32)22(33,23(25,26)27)24(28,29)30/h4-8,10-12,15,21,33H,9H2,1-3H3. The minimum Gasteiger partial charge on any atom is -0.451 e. The number of rotatable bonds is 4. The summed E-state index contributed by atoms with van der Waals surface area (Å²) in [6.45, 7) is 5.70. The first-order valence-electron chi connectivity index (χ1n) is 10.5. The van der Waals surface area contributed by atoms with E-state index in [0.717, 1.165) is 22.8 Å². The van der Waals surface area contributed by atoms with Crippen molar-refractivity contribution < 1.29 is 35.9 Å². The van der Waals surface area contributed by atoms with Crippen LogP contribution in [0.1, 0.15) is 46.5 Å². The van der Waals surface area contributed by atoms with Crippen LogP contribution in [-0.2, 0) is 12.0 Å². The topological polar surface area (TPSA) is 49.5 Å². The number of hydrogen-bond donors (Lipinski definition) is 1. The van der Waals surface area contributed by atoms with E-state index >= 15 is 0 Å². The molecule has 182 valence electrons. The molecule has 2 heterocycles. The molecule has 0 saturated heterocycles. The number of alkyl halides is 6. The first kappa shape index (κ1) is 24.1. The molecule has 0 saturated carbocycles. The molecular formula is C24H22F6N2O2. The summed E-state index contributed by atoms with van der Waals surface area (Å²) >= 11 is 0. The highest BCUT2D eigenvalue weighted by Gasteiger charge is 2.71. The highest BCUT2D eigenvalue weighted by molar-refractivity contribution is 5.64. The lowest BCUT2D eigenvalue weighted by molar-refractivity contribution is -0.376. The van der Waals surface area contributed by atoms with Crippen molar-refractivity contribution in [3.63, 3.8) is 0 Å². The summed E-state index contributed by atoms with van der Waals surface area (Å²) in [5.41, 5.74) is -2.06. The number of oxazole rings is 1. The number of benzene rings is 2. The Labute approximate surface area is 191 Å². The normalized spacial score (nSPS) is 17.7. The Hall–Kier alpha value is -3.01. The van der Waals surface area contributed by atoms with Crippen molar-refractivity contribution >= 4 is 5.69 Å². The molecule has 0 spiro atoms. The fraction of sp³-hybridized carbons (Fsp3) is 0.375. The maximum absolute atomic E-state index is 13.4. The molecule has 4 rings (SSSR count). The van der Waals surface area contributed by atoms with Gasteiger partial charge in [0.1, 0.15) is 18.0 Å². The highest BCUT2D eigenvalue weighted by atomic mass is 19.4. The van der Waals surface area contributed by atoms with E-state index in [2.05, 4.69) is 4.98 Å². The number of fused-ring (bicyclic) bond motifs is 1. The summed E-state index contributed by atoms with van der Waals surface area (Å²) in [5.74, 6) is 0. The Morgan fingerprint density at radius 1 is 1.03 bits per heavy atom. The largest absolute Gasteiger partial charge is 0.451 e. The molecule has 3 aromatic rings. The summed E-state index contributed by atoms with van der Waals surface area (Å²) in [5, 5.41) is 9.83. The Morgan fingerprint density at radius 2 is 1.71 bits per heavy atom. The Kier molecular flexibility index (Phi) is 5.70. The van der Waals surface area contributed by atoms with Gasteiger partial charge in [-0.3, -0.25) is 0 Å². The zero-order valence-electron chi connectivity index (χ0n) is 18.5. The lowest BCUT2D eigenvalue weighted by Gasteiger charge is -2.35. The van der Waals surface area contributed by atoms with Crippen molar-refractivity contribution in [3.8, 4) is 0 Å². The zero-order chi connectivity index (χ0) is 25.1. The third-order valence-electron chi connectivity index (χ3n) is 6.32. The van der Waals surface area contributed by atoms with E-state index in [1.54, 1.807) is 0 Å². The monoisotopic (exact) mass is 484 g/mol. The van der Waals surface area contributed by atoms with Gasteiger partial charge in [-0.05, 0) is 49.9 Å². The van der Waals surface area contributed by atoms with E-state index in [4.69, 9.17) is 4.42 Å². The maximum atomic E-state index is 13.4. The SMILES string of the molecule is Cc1ccc(C(c2cocn2)N2c3ccc(C(O)(C(F)(F)F)C(F)(F)F)cc3CC2C)c(C)c1. The molecule has 1 aliphatic heterocycles. The predicted molar refractivity (Wildman–Crippen MR) is 112 cm³/mol. The van der Waals surface area contributed by atoms with Gasteiger partial charge in [0.05, 0.1) is 0 Å². The Balaban J connectivity index is 1.85. The predicted octanol–water partition coefficient (Wildman–Crippen LogP) is 6.14. The smallest absolute Gasteiger partial charge is 0.430 e. The van der Waals surface area contributed by atoms with E-state index in [1.165, 1.54) is 18.7 Å². The molecule has 1 aromatic heterocycles. The Bertz CT molecular complexity index is 1170. The molecule has 2 aromatic carbocycles. The van der Waals surface area contributed by atoms with Crippen LogP contribution in [0.3, 0.4) is 0 Å². The van der Waals surface area contributed by atoms with E-state index in [0.29, 0.717) is 17.4 Å². The van der Waals surface area contributed by atoms with Crippen LogP contribution in [0.2, 0.25) is 0 Å². The van der Waals surface area contributed by atoms with E-state index in [9.17, 15) is 31.4 Å². The van der Waals surface area contributed by atoms with E-state index < -0.39 is 29.6 Å². The molecule has 0 radical (unpaired) electrons. The third-order valence-corrected chi connectivity index (χ3v) is 6.32. The van der Waals surface area contributed by atoms with E-state index in [1.807, 2.05) is 43.9 Å². The highest BCUT2D eigenvalue weighted by Crippen LogP contribution is 2.52. The molecule has 34 heavy (non-hydrogen) atoms. The van der Waals surface area contributed by atoms with Gasteiger partial charge in [-0.15, -0.1) is 0 Å². The second kappa shape index (κ2) is 8.04. The number of nitrogens with zero attached hydrogens (tertiary/aromatic N) is 2. The van der Waals surface area contributed by atoms with Crippen LogP contribution in [0.5, 0.6) is 0 Å². The lowest BCUT2D eigenvalue weighted by atomic mass is 9.90. The third kappa shape index (κ3) is 3.73. The number of aliphatic hydroxyl groups is 1. The first-order valence-corrected chi connectivity index (χ1v) is 10.5. The van der Waals surface area contributed by atoms with E-state index in [-0.39, 0.29) is 18.0 Å². The molecule has 2 unspecified atom stereocenters. The fourth-order valence-corrected chi connectivity index (χ4v) is 4.70. The van der Waals surface area contributed by atoms with Crippen molar-refractivity contribution in [3.05, 3.63) is 82.6 Å². The van der Waals surface area contributed by atoms with Crippen molar-refractivity contribution in [1.82, 2.24) is 4.98 Å². The molecule has 0 amide bonds. The van der Waals surface area contributed by atoms with Crippen molar-refractivity contribution in [1.29, 1.82) is 0 Å². The van der Waals surface area contributed by atoms with Gasteiger partial charge < -0.3 is 14.4 Å². The average Bonchev–Trinajstić information content (AvgIpc) is 3.35. The van der Waals surface area contributed by atoms with Crippen molar-refractivity contribution in [2.24, 2.45) is 0 Å². The summed E-state index contributed by atoms with van der Waals surface area (Å²) < 4.78 is 85.6. The minimum absolute atomic E-state index is 0.189. The minimum atomic E-state index is -5.94. The zero-order valence-corrected chi connectivity index (χ0v) is 18.5. The number of aryl methyl sites for hydroxylation is 2. The molecule has 0 aliphatic carbocycles. The van der Waals surface area contributed by atoms with Crippen LogP contribution < -0.4 is 4.90 Å². The second-order valence-electron chi connectivity index (χ2n) is 8.69. The van der Waals surface area contributed by atoms with Gasteiger partial charge >= 0.3 is 12.4 Å². The molecular weight excluding hydrogens is 462 g/mol. The van der Waals surface area contributed by atoms with Gasteiger partial charge in [-0.2, -0.15) is 26.3 Å². The fourth-order valence-electron chi connectivity index (χ4n) is 4.70. The van der Waals surface area contributed by atoms with Crippen LogP contribution in [0.15, 0.2) is 53.5 Å². The number of hydrogen-bond acceptors (Lipinski definition) is 4. The molecule has 4 nitrogen and oxygen atoms in total. The number of halogens is 6. The number of aromatic nitrogens is 1.